The standard InChI is InChI=1S/C22H23S.C15H18N2O9S/c1-22(2,3)18-14-16-21(17-15-18)23(19-10-6-4-7-11-19)20-12-8-5-9-13-20;18-15(24-7-6-10-4-2-1-3-5-10)11-8-12(16(19)20)14(27-26-25-23)13(9-11)17(21)22/h4-17H,1-3H3;8-10,23H,1-7H2/q+1;/p-1. The molecule has 13 heteroatoms. The molecule has 0 atom stereocenters. The minimum absolute atomic E-state index is 0.0172. The minimum atomic E-state index is -0.928. The third kappa shape index (κ3) is 10.9. The van der Waals surface area contributed by atoms with E-state index in [2.05, 4.69) is 115 Å². The summed E-state index contributed by atoms with van der Waals surface area (Å²) >= 11 is 0.0172. The fourth-order valence-corrected chi connectivity index (χ4v) is 8.23. The van der Waals surface area contributed by atoms with E-state index in [1.165, 1.54) is 26.7 Å². The average Bonchev–Trinajstić information content (AvgIpc) is 3.12. The van der Waals surface area contributed by atoms with Gasteiger partial charge in [-0.2, -0.15) is 4.33 Å². The summed E-state index contributed by atoms with van der Waals surface area (Å²) in [5.74, 6) is -0.423. The van der Waals surface area contributed by atoms with Crippen LogP contribution in [0.1, 0.15) is 75.2 Å². The first-order valence-corrected chi connectivity index (χ1v) is 18.2. The van der Waals surface area contributed by atoms with Gasteiger partial charge in [0, 0.05) is 12.1 Å². The van der Waals surface area contributed by atoms with Crippen LogP contribution in [0.5, 0.6) is 0 Å². The highest BCUT2D eigenvalue weighted by molar-refractivity contribution is 7.97. The van der Waals surface area contributed by atoms with Crippen LogP contribution < -0.4 is 5.26 Å². The summed E-state index contributed by atoms with van der Waals surface area (Å²) in [6.45, 7) is 6.91. The summed E-state index contributed by atoms with van der Waals surface area (Å²) in [6, 6.07) is 32.4. The Hall–Kier alpha value is -4.27. The Kier molecular flexibility index (Phi) is 14.4. The molecule has 5 rings (SSSR count). The third-order valence-corrected chi connectivity index (χ3v) is 11.2. The first-order valence-electron chi connectivity index (χ1n) is 16.2. The lowest BCUT2D eigenvalue weighted by molar-refractivity contribution is -0.777. The average molecular weight is 721 g/mol. The predicted molar refractivity (Wildman–Crippen MR) is 189 cm³/mol. The van der Waals surface area contributed by atoms with Gasteiger partial charge in [0.15, 0.2) is 19.6 Å². The third-order valence-electron chi connectivity index (χ3n) is 8.22. The Balaban J connectivity index is 0.000000227. The molecule has 0 bridgehead atoms. The van der Waals surface area contributed by atoms with Crippen LogP contribution in [-0.4, -0.2) is 22.4 Å². The number of nitrogens with zero attached hydrogens (tertiary/aromatic N) is 2. The van der Waals surface area contributed by atoms with Crippen LogP contribution >= 0.6 is 12.0 Å². The number of hydrogen-bond donors (Lipinski definition) is 0. The second-order valence-electron chi connectivity index (χ2n) is 12.7. The fraction of sp³-hybridized carbons (Fsp3) is 0.324. The molecule has 264 valence electrons. The molecule has 4 aromatic rings. The van der Waals surface area contributed by atoms with Crippen LogP contribution in [0.2, 0.25) is 0 Å². The highest BCUT2D eigenvalue weighted by Gasteiger charge is 2.31. The Labute approximate surface area is 298 Å². The van der Waals surface area contributed by atoms with Gasteiger partial charge in [0.2, 0.25) is 0 Å². The second kappa shape index (κ2) is 18.6. The van der Waals surface area contributed by atoms with E-state index in [0.29, 0.717) is 12.3 Å². The van der Waals surface area contributed by atoms with Crippen molar-refractivity contribution in [3.8, 4) is 0 Å². The smallest absolute Gasteiger partial charge is 0.338 e. The van der Waals surface area contributed by atoms with E-state index in [-0.39, 0.29) is 40.5 Å². The van der Waals surface area contributed by atoms with Crippen molar-refractivity contribution < 1.29 is 34.0 Å². The maximum Gasteiger partial charge on any atom is 0.338 e. The van der Waals surface area contributed by atoms with Crippen molar-refractivity contribution in [2.24, 2.45) is 5.92 Å². The van der Waals surface area contributed by atoms with Crippen molar-refractivity contribution >= 4 is 40.3 Å². The molecule has 50 heavy (non-hydrogen) atoms. The van der Waals surface area contributed by atoms with Gasteiger partial charge in [-0.25, -0.2) is 4.79 Å². The van der Waals surface area contributed by atoms with E-state index in [1.807, 2.05) is 0 Å². The number of carbonyl (C=O) groups excluding carboxylic acids is 1. The molecule has 0 aliphatic heterocycles. The molecule has 1 aliphatic rings. The molecule has 0 heterocycles. The van der Waals surface area contributed by atoms with E-state index in [4.69, 9.17) is 4.74 Å². The van der Waals surface area contributed by atoms with Crippen LogP contribution in [-0.2, 0) is 30.4 Å². The number of esters is 1. The van der Waals surface area contributed by atoms with Crippen molar-refractivity contribution in [3.63, 3.8) is 0 Å². The highest BCUT2D eigenvalue weighted by atomic mass is 32.2. The van der Waals surface area contributed by atoms with Crippen molar-refractivity contribution in [1.82, 2.24) is 0 Å². The lowest BCUT2D eigenvalue weighted by atomic mass is 9.87. The van der Waals surface area contributed by atoms with Crippen LogP contribution in [0.3, 0.4) is 0 Å². The zero-order valence-electron chi connectivity index (χ0n) is 28.1. The van der Waals surface area contributed by atoms with Crippen molar-refractivity contribution in [1.29, 1.82) is 0 Å². The first kappa shape index (κ1) is 38.5. The van der Waals surface area contributed by atoms with Crippen molar-refractivity contribution in [2.45, 2.75) is 84.3 Å². The Bertz CT molecular complexity index is 1640. The number of carbonyl (C=O) groups is 1. The van der Waals surface area contributed by atoms with E-state index in [9.17, 15) is 30.3 Å². The molecule has 1 saturated carbocycles. The topological polar surface area (TPSA) is 154 Å². The summed E-state index contributed by atoms with van der Waals surface area (Å²) in [5.41, 5.74) is -0.303. The van der Waals surface area contributed by atoms with Gasteiger partial charge in [0.05, 0.1) is 45.0 Å². The molecular formula is C37H40N2O9S2. The monoisotopic (exact) mass is 720 g/mol. The molecule has 4 aromatic carbocycles. The van der Waals surface area contributed by atoms with Gasteiger partial charge in [-0.1, -0.05) is 101 Å². The molecule has 0 spiro atoms. The second-order valence-corrected chi connectivity index (χ2v) is 15.5. The van der Waals surface area contributed by atoms with Crippen molar-refractivity contribution in [3.05, 3.63) is 128 Å². The van der Waals surface area contributed by atoms with Gasteiger partial charge >= 0.3 is 5.97 Å². The summed E-state index contributed by atoms with van der Waals surface area (Å²) in [7, 11) is -0.0497. The van der Waals surface area contributed by atoms with Gasteiger partial charge in [0.1, 0.15) is 0 Å². The Morgan fingerprint density at radius 3 is 1.76 bits per heavy atom. The number of hydrogen-bond acceptors (Lipinski definition) is 10. The zero-order chi connectivity index (χ0) is 36.1. The normalized spacial score (nSPS) is 13.3. The predicted octanol–water partition coefficient (Wildman–Crippen LogP) is 8.94. The molecule has 0 saturated heterocycles. The first-order chi connectivity index (χ1) is 24.0. The van der Waals surface area contributed by atoms with Crippen LogP contribution in [0.4, 0.5) is 11.4 Å². The van der Waals surface area contributed by atoms with E-state index in [1.54, 1.807) is 0 Å². The van der Waals surface area contributed by atoms with Gasteiger partial charge in [-0.05, 0) is 59.7 Å². The largest absolute Gasteiger partial charge is 0.691 e. The summed E-state index contributed by atoms with van der Waals surface area (Å²) in [4.78, 5) is 36.2. The van der Waals surface area contributed by atoms with Crippen LogP contribution in [0.15, 0.2) is 117 Å². The fourth-order valence-electron chi connectivity index (χ4n) is 5.61. The van der Waals surface area contributed by atoms with Crippen molar-refractivity contribution in [2.75, 3.05) is 6.61 Å². The molecular weight excluding hydrogens is 681 g/mol. The molecule has 0 radical (unpaired) electrons. The molecule has 1 aliphatic carbocycles. The molecule has 0 N–H and O–H groups in total. The molecule has 0 amide bonds. The molecule has 0 unspecified atom stereocenters. The molecule has 1 fully saturated rings. The summed E-state index contributed by atoms with van der Waals surface area (Å²) < 4.78 is 9.09. The Morgan fingerprint density at radius 1 is 0.800 bits per heavy atom. The van der Waals surface area contributed by atoms with Crippen LogP contribution in [0, 0.1) is 26.1 Å². The molecule has 11 nitrogen and oxygen atoms in total. The van der Waals surface area contributed by atoms with Crippen LogP contribution in [0.25, 0.3) is 0 Å². The maximum absolute atomic E-state index is 12.2. The van der Waals surface area contributed by atoms with E-state index < -0.39 is 32.1 Å². The van der Waals surface area contributed by atoms with E-state index >= 15 is 0 Å². The molecule has 0 aromatic heterocycles. The van der Waals surface area contributed by atoms with Gasteiger partial charge in [-0.15, -0.1) is 0 Å². The quantitative estimate of drug-likeness (QED) is 0.0346. The Morgan fingerprint density at radius 2 is 1.30 bits per heavy atom. The van der Waals surface area contributed by atoms with E-state index in [0.717, 1.165) is 37.8 Å². The van der Waals surface area contributed by atoms with Gasteiger partial charge in [0.25, 0.3) is 11.4 Å². The van der Waals surface area contributed by atoms with Gasteiger partial charge < -0.3 is 9.99 Å². The lowest BCUT2D eigenvalue weighted by Crippen LogP contribution is -2.13. The number of nitro groups is 2. The lowest BCUT2D eigenvalue weighted by Gasteiger charge is -2.21. The SMILES string of the molecule is CC(C)(C)c1ccc([S+](c2ccccc2)c2ccccc2)cc1.O=C(OCCC1CCCCC1)c1cc([N+](=O)[O-])c(SOO[O-])c([N+](=O)[O-])c1. The summed E-state index contributed by atoms with van der Waals surface area (Å²) in [6.07, 6.45) is 6.31. The highest BCUT2D eigenvalue weighted by Crippen LogP contribution is 2.39. The number of ether oxygens (including phenoxy) is 1. The number of nitro benzene ring substituents is 2. The maximum atomic E-state index is 12.2. The minimum Gasteiger partial charge on any atom is -0.691 e. The number of benzene rings is 4. The zero-order valence-corrected chi connectivity index (χ0v) is 29.8. The summed E-state index contributed by atoms with van der Waals surface area (Å²) in [5, 5.41) is 35.4. The van der Waals surface area contributed by atoms with Gasteiger partial charge in [-0.3, -0.25) is 25.3 Å². The number of rotatable bonds is 12.